The first kappa shape index (κ1) is 29.6. The summed E-state index contributed by atoms with van der Waals surface area (Å²) in [6.07, 6.45) is 2.86. The molecule has 1 N–H and O–H groups in total. The fraction of sp³-hybridized carbons (Fsp3) is 0.276. The van der Waals surface area contributed by atoms with Gasteiger partial charge in [-0.25, -0.2) is 14.8 Å². The summed E-state index contributed by atoms with van der Waals surface area (Å²) >= 11 is 8.74. The normalized spacial score (nSPS) is 15.0. The van der Waals surface area contributed by atoms with Crippen LogP contribution in [0.25, 0.3) is 6.08 Å². The van der Waals surface area contributed by atoms with Crippen molar-refractivity contribution in [3.05, 3.63) is 99.7 Å². The molecule has 42 heavy (non-hydrogen) atoms. The summed E-state index contributed by atoms with van der Waals surface area (Å²) in [5, 5.41) is 1.31. The molecule has 0 unspecified atom stereocenters. The van der Waals surface area contributed by atoms with Crippen LogP contribution in [0.4, 0.5) is 0 Å². The highest BCUT2D eigenvalue weighted by molar-refractivity contribution is 7.99. The van der Waals surface area contributed by atoms with Gasteiger partial charge < -0.3 is 18.9 Å². The maximum atomic E-state index is 14.0. The summed E-state index contributed by atoms with van der Waals surface area (Å²) < 4.78 is 18.8. The minimum Gasteiger partial charge on any atom is -0.496 e. The summed E-state index contributed by atoms with van der Waals surface area (Å²) in [6.45, 7) is 5.61. The van der Waals surface area contributed by atoms with E-state index < -0.39 is 12.0 Å². The number of carbonyl (C=O) groups is 1. The van der Waals surface area contributed by atoms with E-state index in [1.807, 2.05) is 6.92 Å². The highest BCUT2D eigenvalue weighted by Crippen LogP contribution is 2.38. The SMILES string of the molecule is CCCC1=C(C(=O)OCC)[C@@H](c2cc(Cl)ccc2OC)n2c(s/c(=C\c3ccc(Sc4nc(C)cc(=O)[nH]4)o3)c2=O)=N1. The second-order valence-corrected chi connectivity index (χ2v) is 11.7. The lowest BCUT2D eigenvalue weighted by Crippen LogP contribution is -2.40. The second kappa shape index (κ2) is 12.6. The second-order valence-electron chi connectivity index (χ2n) is 9.25. The van der Waals surface area contributed by atoms with Gasteiger partial charge in [-0.2, -0.15) is 0 Å². The first-order valence-corrected chi connectivity index (χ1v) is 15.1. The zero-order valence-electron chi connectivity index (χ0n) is 23.2. The number of benzene rings is 1. The first-order valence-electron chi connectivity index (χ1n) is 13.1. The van der Waals surface area contributed by atoms with Gasteiger partial charge in [-0.05, 0) is 62.4 Å². The maximum Gasteiger partial charge on any atom is 0.338 e. The van der Waals surface area contributed by atoms with E-state index in [1.165, 1.54) is 29.1 Å². The van der Waals surface area contributed by atoms with E-state index in [4.69, 9.17) is 30.5 Å². The number of halogens is 1. The first-order chi connectivity index (χ1) is 20.2. The number of furan rings is 1. The molecule has 0 bridgehead atoms. The Kier molecular flexibility index (Phi) is 8.85. The van der Waals surface area contributed by atoms with Crippen molar-refractivity contribution in [1.29, 1.82) is 0 Å². The van der Waals surface area contributed by atoms with E-state index in [-0.39, 0.29) is 23.3 Å². The van der Waals surface area contributed by atoms with Gasteiger partial charge in [-0.3, -0.25) is 14.2 Å². The summed E-state index contributed by atoms with van der Waals surface area (Å²) in [7, 11) is 1.52. The molecule has 0 saturated heterocycles. The zero-order chi connectivity index (χ0) is 30.0. The minimum atomic E-state index is -0.871. The van der Waals surface area contributed by atoms with Crippen LogP contribution in [-0.2, 0) is 9.53 Å². The zero-order valence-corrected chi connectivity index (χ0v) is 25.6. The van der Waals surface area contributed by atoms with Crippen LogP contribution in [0.2, 0.25) is 5.02 Å². The number of esters is 1. The third kappa shape index (κ3) is 6.01. The van der Waals surface area contributed by atoms with Crippen molar-refractivity contribution >= 4 is 46.7 Å². The molecule has 1 aliphatic rings. The number of H-pyrrole nitrogens is 1. The van der Waals surface area contributed by atoms with Crippen LogP contribution in [0.5, 0.6) is 5.75 Å². The summed E-state index contributed by atoms with van der Waals surface area (Å²) in [5.41, 5.74) is 1.33. The van der Waals surface area contributed by atoms with E-state index in [2.05, 4.69) is 9.97 Å². The van der Waals surface area contributed by atoms with Gasteiger partial charge in [0.15, 0.2) is 15.1 Å². The molecule has 1 aromatic carbocycles. The van der Waals surface area contributed by atoms with E-state index in [1.54, 1.807) is 50.3 Å². The lowest BCUT2D eigenvalue weighted by Gasteiger charge is -2.27. The van der Waals surface area contributed by atoms with Gasteiger partial charge in [-0.15, -0.1) is 0 Å². The van der Waals surface area contributed by atoms with Crippen LogP contribution < -0.4 is 25.2 Å². The summed E-state index contributed by atoms with van der Waals surface area (Å²) in [4.78, 5) is 51.3. The van der Waals surface area contributed by atoms with Crippen LogP contribution in [0.3, 0.4) is 0 Å². The Balaban J connectivity index is 1.65. The molecule has 0 radical (unpaired) electrons. The van der Waals surface area contributed by atoms with Gasteiger partial charge in [-0.1, -0.05) is 36.3 Å². The number of aromatic nitrogens is 3. The standard InChI is InChI=1S/C29H27ClN4O6S2/c1-5-7-19-24(27(37)39-6-2)25(18-13-16(30)8-10-20(18)38-4)34-26(36)21(41-29(34)32-19)14-17-9-11-23(40-17)42-28-31-15(3)12-22(35)33-28/h8-14,25H,5-7H2,1-4H3,(H,31,33,35)/b21-14-/t25-/m1/s1. The van der Waals surface area contributed by atoms with Gasteiger partial charge in [0.2, 0.25) is 0 Å². The van der Waals surface area contributed by atoms with Gasteiger partial charge in [0.1, 0.15) is 17.6 Å². The molecule has 5 rings (SSSR count). The van der Waals surface area contributed by atoms with Gasteiger partial charge in [0.25, 0.3) is 11.1 Å². The van der Waals surface area contributed by atoms with Gasteiger partial charge in [0, 0.05) is 28.4 Å². The largest absolute Gasteiger partial charge is 0.496 e. The Bertz CT molecular complexity index is 1940. The number of nitrogens with zero attached hydrogens (tertiary/aromatic N) is 3. The molecule has 0 amide bonds. The third-order valence-corrected chi connectivity index (χ3v) is 8.32. The Labute approximate surface area is 253 Å². The molecule has 4 heterocycles. The molecule has 0 fully saturated rings. The lowest BCUT2D eigenvalue weighted by atomic mass is 9.93. The molecule has 3 aromatic heterocycles. The van der Waals surface area contributed by atoms with Crippen molar-refractivity contribution in [3.63, 3.8) is 0 Å². The number of allylic oxidation sites excluding steroid dienone is 1. The van der Waals surface area contributed by atoms with E-state index in [0.29, 0.717) is 59.5 Å². The summed E-state index contributed by atoms with van der Waals surface area (Å²) in [5.74, 6) is 0.337. The van der Waals surface area contributed by atoms with Crippen LogP contribution in [0, 0.1) is 6.92 Å². The molecular weight excluding hydrogens is 600 g/mol. The third-order valence-electron chi connectivity index (χ3n) is 6.30. The number of methoxy groups -OCH3 is 1. The van der Waals surface area contributed by atoms with E-state index in [9.17, 15) is 14.4 Å². The van der Waals surface area contributed by atoms with Crippen molar-refractivity contribution in [1.82, 2.24) is 14.5 Å². The summed E-state index contributed by atoms with van der Waals surface area (Å²) in [6, 6.07) is 9.06. The fourth-order valence-corrected chi connectivity index (χ4v) is 6.61. The number of aryl methyl sites for hydroxylation is 1. The maximum absolute atomic E-state index is 14.0. The van der Waals surface area contributed by atoms with Crippen molar-refractivity contribution in [2.75, 3.05) is 13.7 Å². The number of carbonyl (C=O) groups excluding carboxylic acids is 1. The molecule has 1 atom stereocenters. The monoisotopic (exact) mass is 626 g/mol. The van der Waals surface area contributed by atoms with Crippen LogP contribution >= 0.6 is 34.7 Å². The lowest BCUT2D eigenvalue weighted by molar-refractivity contribution is -0.139. The number of rotatable bonds is 9. The molecular formula is C29H27ClN4O6S2. The van der Waals surface area contributed by atoms with Crippen LogP contribution in [-0.4, -0.2) is 34.2 Å². The molecule has 0 saturated carbocycles. The van der Waals surface area contributed by atoms with E-state index in [0.717, 1.165) is 18.2 Å². The number of ether oxygens (including phenoxy) is 2. The number of aromatic amines is 1. The molecule has 0 spiro atoms. The number of nitrogens with one attached hydrogen (secondary N) is 1. The van der Waals surface area contributed by atoms with Crippen molar-refractivity contribution in [2.45, 2.75) is 49.9 Å². The quantitative estimate of drug-likeness (QED) is 0.214. The predicted octanol–water partition coefficient (Wildman–Crippen LogP) is 4.38. The Morgan fingerprint density at radius 2 is 2.05 bits per heavy atom. The van der Waals surface area contributed by atoms with Gasteiger partial charge >= 0.3 is 5.97 Å². The number of hydrogen-bond acceptors (Lipinski definition) is 10. The molecule has 0 aliphatic carbocycles. The van der Waals surface area contributed by atoms with Crippen molar-refractivity contribution in [2.24, 2.45) is 4.99 Å². The molecule has 4 aromatic rings. The van der Waals surface area contributed by atoms with Crippen LogP contribution in [0.1, 0.15) is 49.7 Å². The molecule has 10 nitrogen and oxygen atoms in total. The Hall–Kier alpha value is -3.87. The van der Waals surface area contributed by atoms with Gasteiger partial charge in [0.05, 0.1) is 29.5 Å². The topological polar surface area (TPSA) is 129 Å². The van der Waals surface area contributed by atoms with Crippen molar-refractivity contribution in [3.8, 4) is 5.75 Å². The minimum absolute atomic E-state index is 0.163. The molecule has 13 heteroatoms. The predicted molar refractivity (Wildman–Crippen MR) is 160 cm³/mol. The molecule has 1 aliphatic heterocycles. The molecule has 218 valence electrons. The number of fused-ring (bicyclic) bond motifs is 1. The number of thiazole rings is 1. The Morgan fingerprint density at radius 3 is 2.76 bits per heavy atom. The highest BCUT2D eigenvalue weighted by atomic mass is 35.5. The smallest absolute Gasteiger partial charge is 0.338 e. The van der Waals surface area contributed by atoms with Crippen LogP contribution in [0.15, 0.2) is 76.9 Å². The van der Waals surface area contributed by atoms with E-state index >= 15 is 0 Å². The van der Waals surface area contributed by atoms with Crippen molar-refractivity contribution < 1.29 is 18.7 Å². The highest BCUT2D eigenvalue weighted by Gasteiger charge is 2.36. The average molecular weight is 627 g/mol. The average Bonchev–Trinajstić information content (AvgIpc) is 3.50. The number of hydrogen-bond donors (Lipinski definition) is 1. The Morgan fingerprint density at radius 1 is 1.24 bits per heavy atom. The fourth-order valence-electron chi connectivity index (χ4n) is 4.63.